The van der Waals surface area contributed by atoms with E-state index in [0.717, 1.165) is 12.0 Å². The Morgan fingerprint density at radius 3 is 2.53 bits per heavy atom. The molecule has 0 aromatic heterocycles. The van der Waals surface area contributed by atoms with Crippen molar-refractivity contribution in [3.05, 3.63) is 29.8 Å². The topological polar surface area (TPSA) is 37.4 Å². The maximum Gasteiger partial charge on any atom is 0.243 e. The summed E-state index contributed by atoms with van der Waals surface area (Å²) >= 11 is 0. The van der Waals surface area contributed by atoms with Gasteiger partial charge in [0.25, 0.3) is 0 Å². The van der Waals surface area contributed by atoms with Crippen molar-refractivity contribution in [2.45, 2.75) is 18.2 Å². The van der Waals surface area contributed by atoms with Crippen LogP contribution >= 0.6 is 0 Å². The Morgan fingerprint density at radius 2 is 2.00 bits per heavy atom. The van der Waals surface area contributed by atoms with Gasteiger partial charge in [0.05, 0.1) is 4.90 Å². The standard InChI is InChI=1S/C13H15NO2S/c1-3-12-8-9-14(10-12)17(15,16)13-6-4-11(2)5-7-13/h1,4-7,12H,8-10H2,2H3. The van der Waals surface area contributed by atoms with Crippen molar-refractivity contribution >= 4 is 10.0 Å². The number of benzene rings is 1. The van der Waals surface area contributed by atoms with Crippen molar-refractivity contribution in [3.63, 3.8) is 0 Å². The molecule has 17 heavy (non-hydrogen) atoms. The van der Waals surface area contributed by atoms with Gasteiger partial charge in [0.15, 0.2) is 0 Å². The van der Waals surface area contributed by atoms with E-state index in [9.17, 15) is 8.42 Å². The molecule has 3 nitrogen and oxygen atoms in total. The van der Waals surface area contributed by atoms with Crippen LogP contribution in [0.1, 0.15) is 12.0 Å². The van der Waals surface area contributed by atoms with E-state index in [0.29, 0.717) is 18.0 Å². The van der Waals surface area contributed by atoms with Crippen LogP contribution in [-0.2, 0) is 10.0 Å². The zero-order valence-corrected chi connectivity index (χ0v) is 10.6. The Balaban J connectivity index is 2.26. The molecular weight excluding hydrogens is 234 g/mol. The largest absolute Gasteiger partial charge is 0.243 e. The fraction of sp³-hybridized carbons (Fsp3) is 0.385. The normalized spacial score (nSPS) is 21.3. The summed E-state index contributed by atoms with van der Waals surface area (Å²) in [4.78, 5) is 0.348. The molecule has 4 heteroatoms. The fourth-order valence-corrected chi connectivity index (χ4v) is 3.44. The van der Waals surface area contributed by atoms with Crippen LogP contribution in [0.25, 0.3) is 0 Å². The highest BCUT2D eigenvalue weighted by Crippen LogP contribution is 2.23. The minimum atomic E-state index is -3.36. The van der Waals surface area contributed by atoms with E-state index < -0.39 is 10.0 Å². The number of hydrogen-bond acceptors (Lipinski definition) is 2. The molecule has 0 aliphatic carbocycles. The molecule has 2 rings (SSSR count). The number of nitrogens with zero attached hydrogens (tertiary/aromatic N) is 1. The van der Waals surface area contributed by atoms with Gasteiger partial charge in [-0.25, -0.2) is 8.42 Å². The minimum absolute atomic E-state index is 0.0511. The molecule has 1 aromatic carbocycles. The number of rotatable bonds is 2. The quantitative estimate of drug-likeness (QED) is 0.747. The summed E-state index contributed by atoms with van der Waals surface area (Å²) in [6.07, 6.45) is 6.08. The molecule has 0 spiro atoms. The molecule has 0 amide bonds. The number of terminal acetylenes is 1. The first-order valence-corrected chi connectivity index (χ1v) is 7.01. The third-order valence-corrected chi connectivity index (χ3v) is 4.92. The average Bonchev–Trinajstić information content (AvgIpc) is 2.78. The van der Waals surface area contributed by atoms with Gasteiger partial charge in [-0.3, -0.25) is 0 Å². The van der Waals surface area contributed by atoms with Gasteiger partial charge in [-0.1, -0.05) is 17.7 Å². The second-order valence-electron chi connectivity index (χ2n) is 4.33. The van der Waals surface area contributed by atoms with Crippen molar-refractivity contribution < 1.29 is 8.42 Å². The lowest BCUT2D eigenvalue weighted by molar-refractivity contribution is 0.471. The van der Waals surface area contributed by atoms with Gasteiger partial charge in [0, 0.05) is 19.0 Å². The first-order chi connectivity index (χ1) is 8.04. The van der Waals surface area contributed by atoms with Crippen molar-refractivity contribution in [1.29, 1.82) is 0 Å². The van der Waals surface area contributed by atoms with Gasteiger partial charge < -0.3 is 0 Å². The molecule has 1 saturated heterocycles. The van der Waals surface area contributed by atoms with Crippen LogP contribution in [-0.4, -0.2) is 25.8 Å². The predicted octanol–water partition coefficient (Wildman–Crippen LogP) is 1.64. The molecular formula is C13H15NO2S. The number of sulfonamides is 1. The van der Waals surface area contributed by atoms with E-state index >= 15 is 0 Å². The first kappa shape index (κ1) is 12.2. The maximum absolute atomic E-state index is 12.3. The number of aryl methyl sites for hydroxylation is 1. The Morgan fingerprint density at radius 1 is 1.35 bits per heavy atom. The lowest BCUT2D eigenvalue weighted by Gasteiger charge is -2.15. The molecule has 1 atom stereocenters. The van der Waals surface area contributed by atoms with E-state index in [1.807, 2.05) is 19.1 Å². The molecule has 90 valence electrons. The van der Waals surface area contributed by atoms with Gasteiger partial charge in [0.2, 0.25) is 10.0 Å². The minimum Gasteiger partial charge on any atom is -0.207 e. The van der Waals surface area contributed by atoms with Crippen molar-refractivity contribution in [1.82, 2.24) is 4.31 Å². The SMILES string of the molecule is C#CC1CCN(S(=O)(=O)c2ccc(C)cc2)C1. The van der Waals surface area contributed by atoms with Crippen LogP contribution in [0, 0.1) is 25.2 Å². The summed E-state index contributed by atoms with van der Waals surface area (Å²) in [6.45, 7) is 2.89. The molecule has 0 N–H and O–H groups in total. The summed E-state index contributed by atoms with van der Waals surface area (Å²) in [7, 11) is -3.36. The van der Waals surface area contributed by atoms with Crippen LogP contribution in [0.2, 0.25) is 0 Å². The summed E-state index contributed by atoms with van der Waals surface area (Å²) in [5, 5.41) is 0. The molecule has 0 bridgehead atoms. The zero-order chi connectivity index (χ0) is 12.5. The molecule has 1 fully saturated rings. The highest BCUT2D eigenvalue weighted by molar-refractivity contribution is 7.89. The molecule has 0 radical (unpaired) electrons. The highest BCUT2D eigenvalue weighted by atomic mass is 32.2. The predicted molar refractivity (Wildman–Crippen MR) is 66.9 cm³/mol. The van der Waals surface area contributed by atoms with E-state index in [1.165, 1.54) is 4.31 Å². The second kappa shape index (κ2) is 4.52. The first-order valence-electron chi connectivity index (χ1n) is 5.57. The zero-order valence-electron chi connectivity index (χ0n) is 9.76. The van der Waals surface area contributed by atoms with Crippen molar-refractivity contribution in [2.75, 3.05) is 13.1 Å². The Bertz CT molecular complexity index is 540. The lowest BCUT2D eigenvalue weighted by Crippen LogP contribution is -2.28. The number of hydrogen-bond donors (Lipinski definition) is 0. The Labute approximate surface area is 103 Å². The maximum atomic E-state index is 12.3. The molecule has 1 heterocycles. The third kappa shape index (κ3) is 2.36. The second-order valence-corrected chi connectivity index (χ2v) is 6.27. The van der Waals surface area contributed by atoms with Gasteiger partial charge in [-0.05, 0) is 25.5 Å². The van der Waals surface area contributed by atoms with Gasteiger partial charge >= 0.3 is 0 Å². The average molecular weight is 249 g/mol. The van der Waals surface area contributed by atoms with Crippen LogP contribution in [0.3, 0.4) is 0 Å². The third-order valence-electron chi connectivity index (χ3n) is 3.05. The summed E-state index contributed by atoms with van der Waals surface area (Å²) < 4.78 is 26.0. The van der Waals surface area contributed by atoms with Crippen LogP contribution in [0.5, 0.6) is 0 Å². The van der Waals surface area contributed by atoms with E-state index in [-0.39, 0.29) is 5.92 Å². The van der Waals surface area contributed by atoms with Crippen LogP contribution < -0.4 is 0 Å². The monoisotopic (exact) mass is 249 g/mol. The van der Waals surface area contributed by atoms with Gasteiger partial charge in [0.1, 0.15) is 0 Å². The van der Waals surface area contributed by atoms with Crippen LogP contribution in [0.4, 0.5) is 0 Å². The van der Waals surface area contributed by atoms with Gasteiger partial charge in [-0.15, -0.1) is 12.3 Å². The van der Waals surface area contributed by atoms with Crippen molar-refractivity contribution in [2.24, 2.45) is 5.92 Å². The summed E-state index contributed by atoms with van der Waals surface area (Å²) in [5.41, 5.74) is 1.05. The van der Waals surface area contributed by atoms with E-state index in [1.54, 1.807) is 12.1 Å². The molecule has 1 aliphatic heterocycles. The summed E-state index contributed by atoms with van der Waals surface area (Å²) in [6, 6.07) is 6.91. The molecule has 1 aromatic rings. The smallest absolute Gasteiger partial charge is 0.207 e. The van der Waals surface area contributed by atoms with E-state index in [4.69, 9.17) is 6.42 Å². The van der Waals surface area contributed by atoms with E-state index in [2.05, 4.69) is 5.92 Å². The van der Waals surface area contributed by atoms with Gasteiger partial charge in [-0.2, -0.15) is 4.31 Å². The Kier molecular flexibility index (Phi) is 3.23. The lowest BCUT2D eigenvalue weighted by atomic mass is 10.1. The Hall–Kier alpha value is -1.31. The fourth-order valence-electron chi connectivity index (χ4n) is 1.94. The molecule has 1 unspecified atom stereocenters. The van der Waals surface area contributed by atoms with Crippen molar-refractivity contribution in [3.8, 4) is 12.3 Å². The van der Waals surface area contributed by atoms with Crippen LogP contribution in [0.15, 0.2) is 29.2 Å². The molecule has 1 aliphatic rings. The summed E-state index contributed by atoms with van der Waals surface area (Å²) in [5.74, 6) is 2.67. The molecule has 0 saturated carbocycles. The highest BCUT2D eigenvalue weighted by Gasteiger charge is 2.31.